The first-order valence-corrected chi connectivity index (χ1v) is 7.61. The predicted octanol–water partition coefficient (Wildman–Crippen LogP) is 3.08. The van der Waals surface area contributed by atoms with Crippen molar-refractivity contribution in [3.63, 3.8) is 0 Å². The Morgan fingerprint density at radius 2 is 1.53 bits per heavy atom. The Bertz CT molecular complexity index is 189. The van der Waals surface area contributed by atoms with E-state index in [-0.39, 0.29) is 0 Å². The quantitative estimate of drug-likeness (QED) is 0.748. The minimum Gasteiger partial charge on any atom is -0.301 e. The molecule has 0 amide bonds. The van der Waals surface area contributed by atoms with Crippen LogP contribution in [0.5, 0.6) is 0 Å². The summed E-state index contributed by atoms with van der Waals surface area (Å²) in [6.07, 6.45) is 2.95. The molecule has 1 saturated carbocycles. The van der Waals surface area contributed by atoms with E-state index in [0.717, 1.165) is 17.9 Å². The third-order valence-electron chi connectivity index (χ3n) is 4.12. The van der Waals surface area contributed by atoms with Gasteiger partial charge in [-0.15, -0.1) is 0 Å². The summed E-state index contributed by atoms with van der Waals surface area (Å²) in [5.41, 5.74) is 0. The molecule has 0 spiro atoms. The second kappa shape index (κ2) is 7.38. The van der Waals surface area contributed by atoms with Gasteiger partial charge in [-0.2, -0.15) is 0 Å². The van der Waals surface area contributed by atoms with Crippen molar-refractivity contribution in [2.24, 2.45) is 11.8 Å². The Hall–Kier alpha value is -0.0800. The van der Waals surface area contributed by atoms with Crippen LogP contribution >= 0.6 is 0 Å². The lowest BCUT2D eigenvalue weighted by atomic mass is 9.76. The zero-order valence-corrected chi connectivity index (χ0v) is 12.6. The van der Waals surface area contributed by atoms with Crippen molar-refractivity contribution in [2.75, 3.05) is 32.7 Å². The molecule has 0 N–H and O–H groups in total. The van der Waals surface area contributed by atoms with E-state index >= 15 is 0 Å². The molecule has 0 bridgehead atoms. The van der Waals surface area contributed by atoms with Gasteiger partial charge in [0.15, 0.2) is 0 Å². The molecular weight excluding hydrogens is 208 g/mol. The third-order valence-corrected chi connectivity index (χ3v) is 4.12. The molecular formula is C15H32N2. The average Bonchev–Trinajstić information content (AvgIpc) is 2.30. The van der Waals surface area contributed by atoms with Gasteiger partial charge in [0.25, 0.3) is 0 Å². The Morgan fingerprint density at radius 3 is 1.94 bits per heavy atom. The van der Waals surface area contributed by atoms with Gasteiger partial charge in [0, 0.05) is 38.8 Å². The molecule has 17 heavy (non-hydrogen) atoms. The van der Waals surface area contributed by atoms with Gasteiger partial charge >= 0.3 is 0 Å². The Morgan fingerprint density at radius 1 is 1.00 bits per heavy atom. The predicted molar refractivity (Wildman–Crippen MR) is 76.4 cm³/mol. The van der Waals surface area contributed by atoms with Crippen LogP contribution in [0.2, 0.25) is 0 Å². The lowest BCUT2D eigenvalue weighted by molar-refractivity contribution is 0.0708. The number of piperazine rings is 1. The summed E-state index contributed by atoms with van der Waals surface area (Å²) < 4.78 is 0. The molecule has 0 unspecified atom stereocenters. The second-order valence-corrected chi connectivity index (χ2v) is 5.87. The molecule has 0 radical (unpaired) electrons. The highest BCUT2D eigenvalue weighted by Crippen LogP contribution is 2.33. The monoisotopic (exact) mass is 240 g/mol. The topological polar surface area (TPSA) is 6.48 Å². The van der Waals surface area contributed by atoms with Crippen LogP contribution in [-0.4, -0.2) is 48.6 Å². The van der Waals surface area contributed by atoms with E-state index in [2.05, 4.69) is 30.6 Å². The van der Waals surface area contributed by atoms with Gasteiger partial charge in [-0.1, -0.05) is 20.8 Å². The minimum atomic E-state index is 0.732. The highest BCUT2D eigenvalue weighted by atomic mass is 15.3. The molecule has 1 heterocycles. The van der Waals surface area contributed by atoms with Gasteiger partial charge < -0.3 is 4.90 Å². The zero-order chi connectivity index (χ0) is 12.8. The van der Waals surface area contributed by atoms with Crippen LogP contribution in [0.4, 0.5) is 0 Å². The highest BCUT2D eigenvalue weighted by Gasteiger charge is 2.28. The summed E-state index contributed by atoms with van der Waals surface area (Å²) in [6, 6.07) is 0.732. The molecule has 0 atom stereocenters. The van der Waals surface area contributed by atoms with Gasteiger partial charge in [0.05, 0.1) is 0 Å². The first kappa shape index (κ1) is 15.0. The van der Waals surface area contributed by atoms with Gasteiger partial charge in [0.1, 0.15) is 0 Å². The molecule has 0 aromatic rings. The zero-order valence-electron chi connectivity index (χ0n) is 12.6. The molecule has 1 saturated heterocycles. The Labute approximate surface area is 108 Å². The fourth-order valence-corrected chi connectivity index (χ4v) is 3.05. The molecule has 2 heteroatoms. The van der Waals surface area contributed by atoms with Crippen LogP contribution in [0.15, 0.2) is 0 Å². The summed E-state index contributed by atoms with van der Waals surface area (Å²) >= 11 is 0. The SMILES string of the molecule is CC.CC1CC(CN2CCN(C(C)C)CC2)C1. The molecule has 1 aliphatic carbocycles. The standard InChI is InChI=1S/C13H26N2.C2H6/c1-11(2)15-6-4-14(5-7-15)10-13-8-12(3)9-13;1-2/h11-13H,4-10H2,1-3H3;1-2H3. The minimum absolute atomic E-state index is 0.732. The molecule has 2 rings (SSSR count). The van der Waals surface area contributed by atoms with Crippen LogP contribution < -0.4 is 0 Å². The van der Waals surface area contributed by atoms with Crippen molar-refractivity contribution >= 4 is 0 Å². The largest absolute Gasteiger partial charge is 0.301 e. The number of hydrogen-bond donors (Lipinski definition) is 0. The molecule has 0 aromatic carbocycles. The van der Waals surface area contributed by atoms with Crippen molar-refractivity contribution in [2.45, 2.75) is 53.5 Å². The summed E-state index contributed by atoms with van der Waals surface area (Å²) in [5, 5.41) is 0. The first-order chi connectivity index (χ1) is 8.15. The average molecular weight is 240 g/mol. The summed E-state index contributed by atoms with van der Waals surface area (Å²) in [6.45, 7) is 17.5. The van der Waals surface area contributed by atoms with Crippen molar-refractivity contribution in [1.29, 1.82) is 0 Å². The van der Waals surface area contributed by atoms with Crippen LogP contribution in [0.1, 0.15) is 47.5 Å². The van der Waals surface area contributed by atoms with Crippen molar-refractivity contribution in [1.82, 2.24) is 9.80 Å². The molecule has 1 aliphatic heterocycles. The lowest BCUT2D eigenvalue weighted by Gasteiger charge is -2.41. The fraction of sp³-hybridized carbons (Fsp3) is 1.00. The normalized spacial score (nSPS) is 30.7. The number of hydrogen-bond acceptors (Lipinski definition) is 2. The van der Waals surface area contributed by atoms with E-state index < -0.39 is 0 Å². The lowest BCUT2D eigenvalue weighted by Crippen LogP contribution is -2.50. The third kappa shape index (κ3) is 4.59. The van der Waals surface area contributed by atoms with Gasteiger partial charge in [0.2, 0.25) is 0 Å². The second-order valence-electron chi connectivity index (χ2n) is 5.87. The maximum Gasteiger partial charge on any atom is 0.0113 e. The molecule has 2 aliphatic rings. The van der Waals surface area contributed by atoms with E-state index in [4.69, 9.17) is 0 Å². The van der Waals surface area contributed by atoms with Crippen LogP contribution in [-0.2, 0) is 0 Å². The Balaban J connectivity index is 0.000000686. The van der Waals surface area contributed by atoms with Gasteiger partial charge in [-0.25, -0.2) is 0 Å². The highest BCUT2D eigenvalue weighted by molar-refractivity contribution is 4.82. The van der Waals surface area contributed by atoms with E-state index in [0.29, 0.717) is 0 Å². The van der Waals surface area contributed by atoms with Crippen molar-refractivity contribution in [3.05, 3.63) is 0 Å². The molecule has 2 fully saturated rings. The van der Waals surface area contributed by atoms with Crippen molar-refractivity contribution < 1.29 is 0 Å². The summed E-state index contributed by atoms with van der Waals surface area (Å²) in [4.78, 5) is 5.27. The Kier molecular flexibility index (Phi) is 6.50. The van der Waals surface area contributed by atoms with Gasteiger partial charge in [-0.05, 0) is 38.5 Å². The van der Waals surface area contributed by atoms with Gasteiger partial charge in [-0.3, -0.25) is 4.90 Å². The molecule has 2 nitrogen and oxygen atoms in total. The maximum absolute atomic E-state index is 2.68. The fourth-order valence-electron chi connectivity index (χ4n) is 3.05. The van der Waals surface area contributed by atoms with Crippen molar-refractivity contribution in [3.8, 4) is 0 Å². The molecule has 0 aromatic heterocycles. The number of rotatable bonds is 3. The maximum atomic E-state index is 2.68. The van der Waals surface area contributed by atoms with E-state index in [1.54, 1.807) is 0 Å². The summed E-state index contributed by atoms with van der Waals surface area (Å²) in [5.74, 6) is 2.03. The van der Waals surface area contributed by atoms with Crippen LogP contribution in [0.3, 0.4) is 0 Å². The molecule has 102 valence electrons. The smallest absolute Gasteiger partial charge is 0.0113 e. The first-order valence-electron chi connectivity index (χ1n) is 7.61. The van der Waals surface area contributed by atoms with E-state index in [9.17, 15) is 0 Å². The van der Waals surface area contributed by atoms with E-state index in [1.807, 2.05) is 13.8 Å². The summed E-state index contributed by atoms with van der Waals surface area (Å²) in [7, 11) is 0. The van der Waals surface area contributed by atoms with Crippen LogP contribution in [0, 0.1) is 11.8 Å². The van der Waals surface area contributed by atoms with E-state index in [1.165, 1.54) is 45.6 Å². The number of nitrogens with zero attached hydrogens (tertiary/aromatic N) is 2. The van der Waals surface area contributed by atoms with Crippen LogP contribution in [0.25, 0.3) is 0 Å².